The van der Waals surface area contributed by atoms with Crippen LogP contribution in [0.25, 0.3) is 0 Å². The zero-order valence-corrected chi connectivity index (χ0v) is 14.4. The first-order valence-corrected chi connectivity index (χ1v) is 9.26. The van der Waals surface area contributed by atoms with Crippen LogP contribution in [0.1, 0.15) is 68.0 Å². The number of ether oxygens (including phenoxy) is 1. The van der Waals surface area contributed by atoms with Gasteiger partial charge in [-0.25, -0.2) is 4.98 Å². The molecule has 21 heavy (non-hydrogen) atoms. The maximum absolute atomic E-state index is 6.01. The second-order valence-electron chi connectivity index (χ2n) is 6.80. The normalized spacial score (nSPS) is 29.8. The minimum Gasteiger partial charge on any atom is -0.371 e. The Hall–Kier alpha value is -0.450. The third kappa shape index (κ3) is 3.33. The largest absolute Gasteiger partial charge is 0.371 e. The van der Waals surface area contributed by atoms with Crippen molar-refractivity contribution in [3.63, 3.8) is 0 Å². The zero-order valence-electron chi connectivity index (χ0n) is 13.6. The van der Waals surface area contributed by atoms with Gasteiger partial charge >= 0.3 is 0 Å². The monoisotopic (exact) mass is 308 g/mol. The Morgan fingerprint density at radius 1 is 1.38 bits per heavy atom. The molecule has 0 aromatic carbocycles. The fraction of sp³-hybridized carbons (Fsp3) is 0.824. The molecule has 2 fully saturated rings. The van der Waals surface area contributed by atoms with Crippen LogP contribution in [0.2, 0.25) is 0 Å². The number of aromatic nitrogens is 1. The van der Waals surface area contributed by atoms with Crippen LogP contribution in [0.5, 0.6) is 0 Å². The molecule has 2 unspecified atom stereocenters. The van der Waals surface area contributed by atoms with Crippen LogP contribution in [0, 0.1) is 5.92 Å². The van der Waals surface area contributed by atoms with E-state index in [0.29, 0.717) is 0 Å². The molecule has 1 aromatic rings. The third-order valence-corrected chi connectivity index (χ3v) is 6.26. The van der Waals surface area contributed by atoms with E-state index < -0.39 is 0 Å². The van der Waals surface area contributed by atoms with Crippen LogP contribution >= 0.6 is 11.3 Å². The van der Waals surface area contributed by atoms with Gasteiger partial charge in [0.25, 0.3) is 0 Å². The zero-order chi connectivity index (χ0) is 14.9. The number of aryl methyl sites for hydroxylation is 1. The molecular weight excluding hydrogens is 280 g/mol. The Labute approximate surface area is 132 Å². The highest BCUT2D eigenvalue weighted by Crippen LogP contribution is 2.44. The molecule has 0 saturated heterocycles. The smallest absolute Gasteiger partial charge is 0.125 e. The van der Waals surface area contributed by atoms with Crippen molar-refractivity contribution in [3.8, 4) is 0 Å². The lowest BCUT2D eigenvalue weighted by Gasteiger charge is -2.37. The van der Waals surface area contributed by atoms with Crippen molar-refractivity contribution in [2.45, 2.75) is 77.0 Å². The van der Waals surface area contributed by atoms with E-state index >= 15 is 0 Å². The predicted octanol–water partition coefficient (Wildman–Crippen LogP) is 4.01. The number of methoxy groups -OCH3 is 1. The lowest BCUT2D eigenvalue weighted by Crippen LogP contribution is -2.34. The van der Waals surface area contributed by atoms with Gasteiger partial charge in [0, 0.05) is 24.6 Å². The molecule has 2 atom stereocenters. The predicted molar refractivity (Wildman–Crippen MR) is 87.7 cm³/mol. The van der Waals surface area contributed by atoms with Crippen molar-refractivity contribution in [1.29, 1.82) is 0 Å². The van der Waals surface area contributed by atoms with Crippen molar-refractivity contribution in [2.24, 2.45) is 5.92 Å². The van der Waals surface area contributed by atoms with E-state index in [0.717, 1.165) is 37.8 Å². The van der Waals surface area contributed by atoms with Crippen molar-refractivity contribution < 1.29 is 4.74 Å². The number of hydrogen-bond acceptors (Lipinski definition) is 4. The molecule has 1 N–H and O–H groups in total. The number of thiazole rings is 1. The molecule has 3 rings (SSSR count). The van der Waals surface area contributed by atoms with Crippen molar-refractivity contribution in [3.05, 3.63) is 15.6 Å². The van der Waals surface area contributed by atoms with Crippen LogP contribution in [-0.2, 0) is 23.3 Å². The van der Waals surface area contributed by atoms with E-state index in [1.165, 1.54) is 41.3 Å². The highest BCUT2D eigenvalue weighted by atomic mass is 32.1. The molecule has 118 valence electrons. The van der Waals surface area contributed by atoms with Gasteiger partial charge in [0.1, 0.15) is 10.6 Å². The SMILES string of the molecule is CCc1nc(C2(OC)CCCC(C)C2)sc1CNC1CC1. The van der Waals surface area contributed by atoms with Crippen LogP contribution in [0.4, 0.5) is 0 Å². The molecule has 4 heteroatoms. The van der Waals surface area contributed by atoms with Gasteiger partial charge in [0.2, 0.25) is 0 Å². The standard InChI is InChI=1S/C17H28N2OS/c1-4-14-15(11-18-13-7-8-13)21-16(19-14)17(20-3)9-5-6-12(2)10-17/h12-13,18H,4-11H2,1-3H3. The van der Waals surface area contributed by atoms with Crippen LogP contribution in [0.3, 0.4) is 0 Å². The average molecular weight is 308 g/mol. The topological polar surface area (TPSA) is 34.1 Å². The molecule has 0 bridgehead atoms. The summed E-state index contributed by atoms with van der Waals surface area (Å²) < 4.78 is 6.01. The maximum Gasteiger partial charge on any atom is 0.125 e. The Morgan fingerprint density at radius 3 is 2.81 bits per heavy atom. The van der Waals surface area contributed by atoms with Crippen LogP contribution < -0.4 is 5.32 Å². The Kier molecular flexibility index (Phi) is 4.67. The molecule has 2 aliphatic rings. The summed E-state index contributed by atoms with van der Waals surface area (Å²) in [5.74, 6) is 0.737. The lowest BCUT2D eigenvalue weighted by molar-refractivity contribution is -0.0581. The summed E-state index contributed by atoms with van der Waals surface area (Å²) in [7, 11) is 1.87. The molecule has 2 aliphatic carbocycles. The molecule has 0 aliphatic heterocycles. The van der Waals surface area contributed by atoms with E-state index in [-0.39, 0.29) is 5.60 Å². The van der Waals surface area contributed by atoms with E-state index in [1.54, 1.807) is 0 Å². The summed E-state index contributed by atoms with van der Waals surface area (Å²) in [6.45, 7) is 5.54. The van der Waals surface area contributed by atoms with Crippen molar-refractivity contribution in [1.82, 2.24) is 10.3 Å². The maximum atomic E-state index is 6.01. The number of nitrogens with zero attached hydrogens (tertiary/aromatic N) is 1. The van der Waals surface area contributed by atoms with Crippen molar-refractivity contribution in [2.75, 3.05) is 7.11 Å². The van der Waals surface area contributed by atoms with Crippen LogP contribution in [-0.4, -0.2) is 18.1 Å². The summed E-state index contributed by atoms with van der Waals surface area (Å²) in [4.78, 5) is 6.41. The average Bonchev–Trinajstić information content (AvgIpc) is 3.23. The molecule has 3 nitrogen and oxygen atoms in total. The number of hydrogen-bond donors (Lipinski definition) is 1. The van der Waals surface area contributed by atoms with Gasteiger partial charge in [-0.1, -0.05) is 20.3 Å². The molecule has 1 aromatic heterocycles. The fourth-order valence-corrected chi connectivity index (χ4v) is 4.79. The fourth-order valence-electron chi connectivity index (χ4n) is 3.49. The van der Waals surface area contributed by atoms with Gasteiger partial charge in [0.05, 0.1) is 5.69 Å². The summed E-state index contributed by atoms with van der Waals surface area (Å²) >= 11 is 1.89. The summed E-state index contributed by atoms with van der Waals surface area (Å²) in [6, 6.07) is 0.756. The van der Waals surface area contributed by atoms with Gasteiger partial charge in [-0.2, -0.15) is 0 Å². The first-order valence-electron chi connectivity index (χ1n) is 8.44. The summed E-state index contributed by atoms with van der Waals surface area (Å²) in [6.07, 6.45) is 8.53. The molecule has 0 radical (unpaired) electrons. The lowest BCUT2D eigenvalue weighted by atomic mass is 9.79. The molecule has 0 amide bonds. The van der Waals surface area contributed by atoms with Crippen molar-refractivity contribution >= 4 is 11.3 Å². The van der Waals surface area contributed by atoms with Gasteiger partial charge in [-0.15, -0.1) is 11.3 Å². The Bertz CT molecular complexity index is 483. The van der Waals surface area contributed by atoms with Gasteiger partial charge < -0.3 is 10.1 Å². The first kappa shape index (κ1) is 15.4. The third-order valence-electron chi connectivity index (χ3n) is 4.98. The minimum atomic E-state index is -0.121. The molecule has 1 heterocycles. The van der Waals surface area contributed by atoms with E-state index in [2.05, 4.69) is 19.2 Å². The molecular formula is C17H28N2OS. The quantitative estimate of drug-likeness (QED) is 0.862. The Morgan fingerprint density at radius 2 is 2.19 bits per heavy atom. The summed E-state index contributed by atoms with van der Waals surface area (Å²) in [5.41, 5.74) is 1.15. The Balaban J connectivity index is 1.81. The second kappa shape index (κ2) is 6.35. The first-order chi connectivity index (χ1) is 10.2. The highest BCUT2D eigenvalue weighted by molar-refractivity contribution is 7.11. The number of rotatable bonds is 6. The summed E-state index contributed by atoms with van der Waals surface area (Å²) in [5, 5.41) is 4.86. The van der Waals surface area contributed by atoms with Gasteiger partial charge in [-0.05, 0) is 44.4 Å². The van der Waals surface area contributed by atoms with E-state index in [4.69, 9.17) is 9.72 Å². The second-order valence-corrected chi connectivity index (χ2v) is 7.88. The minimum absolute atomic E-state index is 0.121. The van der Waals surface area contributed by atoms with Gasteiger partial charge in [-0.3, -0.25) is 0 Å². The highest BCUT2D eigenvalue weighted by Gasteiger charge is 2.40. The van der Waals surface area contributed by atoms with Crippen LogP contribution in [0.15, 0.2) is 0 Å². The number of nitrogens with one attached hydrogen (secondary N) is 1. The molecule has 2 saturated carbocycles. The van der Waals surface area contributed by atoms with E-state index in [1.807, 2.05) is 18.4 Å². The van der Waals surface area contributed by atoms with E-state index in [9.17, 15) is 0 Å². The van der Waals surface area contributed by atoms with Gasteiger partial charge in [0.15, 0.2) is 0 Å². The molecule has 0 spiro atoms.